The summed E-state index contributed by atoms with van der Waals surface area (Å²) in [7, 11) is 0. The summed E-state index contributed by atoms with van der Waals surface area (Å²) in [6.07, 6.45) is 0. The summed E-state index contributed by atoms with van der Waals surface area (Å²) in [5.74, 6) is 0.545. The van der Waals surface area contributed by atoms with E-state index in [1.54, 1.807) is 36.4 Å². The number of rotatable bonds is 5. The van der Waals surface area contributed by atoms with Gasteiger partial charge in [0.25, 0.3) is 5.91 Å². The summed E-state index contributed by atoms with van der Waals surface area (Å²) >= 11 is 5.28. The van der Waals surface area contributed by atoms with Crippen LogP contribution in [0.4, 0.5) is 5.69 Å². The molecule has 0 saturated heterocycles. The molecule has 0 saturated carbocycles. The Balaban J connectivity index is 1.50. The minimum atomic E-state index is -0.364. The molecule has 8 heteroatoms. The summed E-state index contributed by atoms with van der Waals surface area (Å²) in [4.78, 5) is 17.0. The van der Waals surface area contributed by atoms with Crippen LogP contribution in [-0.2, 0) is 0 Å². The van der Waals surface area contributed by atoms with Gasteiger partial charge in [0.15, 0.2) is 10.7 Å². The lowest BCUT2D eigenvalue weighted by atomic mass is 10.1. The van der Waals surface area contributed by atoms with Crippen molar-refractivity contribution in [3.63, 3.8) is 0 Å². The zero-order valence-electron chi connectivity index (χ0n) is 17.5. The Morgan fingerprint density at radius 3 is 2.81 bits per heavy atom. The summed E-state index contributed by atoms with van der Waals surface area (Å²) in [6.45, 7) is 4.35. The van der Waals surface area contributed by atoms with E-state index in [0.717, 1.165) is 5.56 Å². The number of fused-ring (bicyclic) bond motifs is 1. The van der Waals surface area contributed by atoms with Crippen molar-refractivity contribution in [2.45, 2.75) is 13.8 Å². The molecule has 1 heterocycles. The van der Waals surface area contributed by atoms with Crippen LogP contribution in [0.2, 0.25) is 0 Å². The van der Waals surface area contributed by atoms with E-state index in [1.807, 2.05) is 32.0 Å². The summed E-state index contributed by atoms with van der Waals surface area (Å²) in [5.41, 5.74) is 3.77. The van der Waals surface area contributed by atoms with Crippen molar-refractivity contribution in [1.82, 2.24) is 10.3 Å². The summed E-state index contributed by atoms with van der Waals surface area (Å²) in [5, 5.41) is 16.0. The Morgan fingerprint density at radius 1 is 1.16 bits per heavy atom. The number of amides is 1. The molecule has 1 aromatic heterocycles. The Bertz CT molecular complexity index is 1320. The Kier molecular flexibility index (Phi) is 6.04. The van der Waals surface area contributed by atoms with Crippen LogP contribution in [0.15, 0.2) is 65.1 Å². The molecule has 0 bridgehead atoms. The van der Waals surface area contributed by atoms with Gasteiger partial charge >= 0.3 is 0 Å². The molecule has 0 aliphatic heterocycles. The molecular weight excluding hydrogens is 426 g/mol. The average Bonchev–Trinajstić information content (AvgIpc) is 3.18. The third-order valence-electron chi connectivity index (χ3n) is 4.66. The van der Waals surface area contributed by atoms with Crippen molar-refractivity contribution in [2.24, 2.45) is 0 Å². The molecule has 0 aliphatic carbocycles. The minimum Gasteiger partial charge on any atom is -0.507 e. The molecule has 0 aliphatic rings. The molecule has 32 heavy (non-hydrogen) atoms. The average molecular weight is 448 g/mol. The van der Waals surface area contributed by atoms with Crippen LogP contribution in [0.1, 0.15) is 22.8 Å². The number of nitrogens with zero attached hydrogens (tertiary/aromatic N) is 1. The number of ether oxygens (including phenoxy) is 1. The molecular formula is C24H21N3O4S. The first-order chi connectivity index (χ1) is 15.4. The van der Waals surface area contributed by atoms with Crippen molar-refractivity contribution < 1.29 is 19.1 Å². The van der Waals surface area contributed by atoms with Gasteiger partial charge in [-0.1, -0.05) is 12.1 Å². The maximum Gasteiger partial charge on any atom is 0.257 e. The second kappa shape index (κ2) is 9.07. The van der Waals surface area contributed by atoms with Crippen LogP contribution < -0.4 is 15.4 Å². The van der Waals surface area contributed by atoms with Crippen LogP contribution in [0.3, 0.4) is 0 Å². The number of aromatic nitrogens is 1. The lowest BCUT2D eigenvalue weighted by Crippen LogP contribution is -2.34. The predicted octanol–water partition coefficient (Wildman–Crippen LogP) is 5.03. The zero-order chi connectivity index (χ0) is 22.7. The van der Waals surface area contributed by atoms with Crippen LogP contribution in [0, 0.1) is 6.92 Å². The number of anilines is 1. The first-order valence-corrected chi connectivity index (χ1v) is 10.4. The number of benzene rings is 3. The van der Waals surface area contributed by atoms with Crippen molar-refractivity contribution in [3.05, 3.63) is 71.8 Å². The molecule has 7 nitrogen and oxygen atoms in total. The molecule has 3 N–H and O–H groups in total. The molecule has 0 radical (unpaired) electrons. The topological polar surface area (TPSA) is 96.6 Å². The molecule has 3 aromatic carbocycles. The van der Waals surface area contributed by atoms with E-state index in [4.69, 9.17) is 21.4 Å². The Hall–Kier alpha value is -3.91. The first-order valence-electron chi connectivity index (χ1n) is 9.98. The predicted molar refractivity (Wildman–Crippen MR) is 127 cm³/mol. The number of hydrogen-bond acceptors (Lipinski definition) is 6. The van der Waals surface area contributed by atoms with E-state index in [9.17, 15) is 9.90 Å². The summed E-state index contributed by atoms with van der Waals surface area (Å²) < 4.78 is 11.2. The van der Waals surface area contributed by atoms with E-state index in [1.165, 1.54) is 6.07 Å². The van der Waals surface area contributed by atoms with Gasteiger partial charge in [0, 0.05) is 11.3 Å². The Morgan fingerprint density at radius 2 is 2.00 bits per heavy atom. The number of carbonyl (C=O) groups is 1. The fourth-order valence-electron chi connectivity index (χ4n) is 3.16. The van der Waals surface area contributed by atoms with Crippen molar-refractivity contribution in [2.75, 3.05) is 11.9 Å². The van der Waals surface area contributed by atoms with E-state index in [-0.39, 0.29) is 22.7 Å². The van der Waals surface area contributed by atoms with Crippen LogP contribution in [0.25, 0.3) is 22.6 Å². The fraction of sp³-hybridized carbons (Fsp3) is 0.125. The van der Waals surface area contributed by atoms with Crippen molar-refractivity contribution in [1.29, 1.82) is 0 Å². The molecule has 0 spiro atoms. The minimum absolute atomic E-state index is 0.0153. The number of carbonyl (C=O) groups excluding carboxylic acids is 1. The highest BCUT2D eigenvalue weighted by molar-refractivity contribution is 7.80. The molecule has 1 amide bonds. The highest BCUT2D eigenvalue weighted by Crippen LogP contribution is 2.33. The van der Waals surface area contributed by atoms with Gasteiger partial charge in [0.2, 0.25) is 5.89 Å². The highest BCUT2D eigenvalue weighted by Gasteiger charge is 2.15. The smallest absolute Gasteiger partial charge is 0.257 e. The molecule has 0 fully saturated rings. The molecule has 162 valence electrons. The van der Waals surface area contributed by atoms with E-state index >= 15 is 0 Å². The highest BCUT2D eigenvalue weighted by atomic mass is 32.1. The number of aryl methyl sites for hydroxylation is 1. The number of phenols is 1. The zero-order valence-corrected chi connectivity index (χ0v) is 18.3. The van der Waals surface area contributed by atoms with Crippen molar-refractivity contribution >= 4 is 40.0 Å². The lowest BCUT2D eigenvalue weighted by molar-refractivity contribution is 0.0977. The van der Waals surface area contributed by atoms with Gasteiger partial charge in [-0.25, -0.2) is 4.98 Å². The number of nitrogens with one attached hydrogen (secondary N) is 2. The Labute approximate surface area is 190 Å². The first kappa shape index (κ1) is 21.3. The summed E-state index contributed by atoms with van der Waals surface area (Å²) in [6, 6.07) is 17.3. The third kappa shape index (κ3) is 4.70. The largest absolute Gasteiger partial charge is 0.507 e. The monoisotopic (exact) mass is 447 g/mol. The normalized spacial score (nSPS) is 10.7. The van der Waals surface area contributed by atoms with E-state index < -0.39 is 0 Å². The van der Waals surface area contributed by atoms with Gasteiger partial charge in [0.1, 0.15) is 17.0 Å². The van der Waals surface area contributed by atoms with Gasteiger partial charge < -0.3 is 19.6 Å². The molecule has 0 unspecified atom stereocenters. The van der Waals surface area contributed by atoms with E-state index in [2.05, 4.69) is 15.6 Å². The van der Waals surface area contributed by atoms with Gasteiger partial charge in [-0.15, -0.1) is 0 Å². The van der Waals surface area contributed by atoms with Gasteiger partial charge in [0.05, 0.1) is 12.2 Å². The second-order valence-electron chi connectivity index (χ2n) is 7.09. The standard InChI is InChI=1S/C24H21N3O4S/c1-3-30-17-6-4-5-15(12-17)22(29)27-24(32)25-16-8-10-20(28)18(13-16)23-26-19-9-7-14(2)11-21(19)31-23/h4-13,28H,3H2,1-2H3,(H2,25,27,29,32). The number of aromatic hydroxyl groups is 1. The van der Waals surface area contributed by atoms with E-state index in [0.29, 0.717) is 40.3 Å². The van der Waals surface area contributed by atoms with Gasteiger partial charge in [-0.3, -0.25) is 10.1 Å². The maximum absolute atomic E-state index is 12.5. The fourth-order valence-corrected chi connectivity index (χ4v) is 3.37. The molecule has 4 aromatic rings. The van der Waals surface area contributed by atoms with Crippen LogP contribution in [0.5, 0.6) is 11.5 Å². The number of phenolic OH excluding ortho intramolecular Hbond substituents is 1. The van der Waals surface area contributed by atoms with Crippen molar-refractivity contribution in [3.8, 4) is 23.0 Å². The molecule has 0 atom stereocenters. The maximum atomic E-state index is 12.5. The SMILES string of the molecule is CCOc1cccc(C(=O)NC(=S)Nc2ccc(O)c(-c3nc4ccc(C)cc4o3)c2)c1. The number of hydrogen-bond donors (Lipinski definition) is 3. The molecule has 4 rings (SSSR count). The lowest BCUT2D eigenvalue weighted by Gasteiger charge is -2.11. The van der Waals surface area contributed by atoms with Gasteiger partial charge in [-0.2, -0.15) is 0 Å². The van der Waals surface area contributed by atoms with Crippen LogP contribution in [-0.4, -0.2) is 27.7 Å². The van der Waals surface area contributed by atoms with Crippen LogP contribution >= 0.6 is 12.2 Å². The number of oxazole rings is 1. The third-order valence-corrected chi connectivity index (χ3v) is 4.87. The second-order valence-corrected chi connectivity index (χ2v) is 7.50. The van der Waals surface area contributed by atoms with Gasteiger partial charge in [-0.05, 0) is 80.2 Å². The number of thiocarbonyl (C=S) groups is 1. The quantitative estimate of drug-likeness (QED) is 0.291.